The Kier molecular flexibility index (Phi) is 7.98. The zero-order valence-electron chi connectivity index (χ0n) is 21.8. The molecule has 2 N–H and O–H groups in total. The molecule has 206 valence electrons. The second kappa shape index (κ2) is 11.2. The van der Waals surface area contributed by atoms with Gasteiger partial charge in [-0.25, -0.2) is 9.37 Å². The predicted molar refractivity (Wildman–Crippen MR) is 140 cm³/mol. The highest BCUT2D eigenvalue weighted by Crippen LogP contribution is 2.36. The molecule has 0 saturated heterocycles. The van der Waals surface area contributed by atoms with Crippen molar-refractivity contribution in [3.63, 3.8) is 0 Å². The van der Waals surface area contributed by atoms with Gasteiger partial charge in [-0.1, -0.05) is 12.1 Å². The lowest BCUT2D eigenvalue weighted by molar-refractivity contribution is -0.131. The molecule has 0 aliphatic carbocycles. The van der Waals surface area contributed by atoms with E-state index in [2.05, 4.69) is 15.6 Å². The number of amides is 1. The highest BCUT2D eigenvalue weighted by atomic mass is 19.4. The number of nitrogens with one attached hydrogen (secondary N) is 2. The number of fused-ring (bicyclic) bond motifs is 1. The van der Waals surface area contributed by atoms with Gasteiger partial charge in [0.15, 0.2) is 23.0 Å². The van der Waals surface area contributed by atoms with Crippen molar-refractivity contribution in [2.75, 3.05) is 19.0 Å². The number of aryl methyl sites for hydroxylation is 1. The van der Waals surface area contributed by atoms with E-state index in [-0.39, 0.29) is 35.7 Å². The topological polar surface area (TPSA) is 76.9 Å². The summed E-state index contributed by atoms with van der Waals surface area (Å²) < 4.78 is 65.4. The van der Waals surface area contributed by atoms with Gasteiger partial charge in [-0.3, -0.25) is 9.20 Å². The first-order valence-electron chi connectivity index (χ1n) is 12.2. The Labute approximate surface area is 222 Å². The number of hydrogen-bond donors (Lipinski definition) is 2. The summed E-state index contributed by atoms with van der Waals surface area (Å²) in [6, 6.07) is 11.0. The van der Waals surface area contributed by atoms with Crippen LogP contribution in [0.4, 0.5) is 23.2 Å². The minimum absolute atomic E-state index is 0.0197. The van der Waals surface area contributed by atoms with Crippen LogP contribution in [-0.4, -0.2) is 41.2 Å². The predicted octanol–water partition coefficient (Wildman–Crippen LogP) is 6.75. The van der Waals surface area contributed by atoms with Gasteiger partial charge in [0, 0.05) is 29.8 Å². The Bertz CT molecular complexity index is 1500. The zero-order valence-corrected chi connectivity index (χ0v) is 21.8. The van der Waals surface area contributed by atoms with Gasteiger partial charge in [-0.15, -0.1) is 0 Å². The maximum Gasteiger partial charge on any atom is 0.390 e. The molecule has 2 aromatic carbocycles. The number of rotatable bonds is 9. The maximum absolute atomic E-state index is 14.2. The highest BCUT2D eigenvalue weighted by Gasteiger charge is 2.26. The number of para-hydroxylation sites is 1. The molecule has 0 aliphatic rings. The molecule has 0 radical (unpaired) electrons. The van der Waals surface area contributed by atoms with Crippen molar-refractivity contribution in [2.45, 2.75) is 39.4 Å². The summed E-state index contributed by atoms with van der Waals surface area (Å²) in [5.74, 6) is -0.620. The normalized spacial score (nSPS) is 11.6. The third-order valence-corrected chi connectivity index (χ3v) is 5.85. The number of ether oxygens (including phenoxy) is 2. The molecule has 4 rings (SSSR count). The molecule has 2 aromatic heterocycles. The summed E-state index contributed by atoms with van der Waals surface area (Å²) in [7, 11) is 1.31. The minimum Gasteiger partial charge on any atom is -0.490 e. The number of anilines is 1. The molecule has 11 heteroatoms. The van der Waals surface area contributed by atoms with Crippen molar-refractivity contribution in [1.82, 2.24) is 14.7 Å². The van der Waals surface area contributed by atoms with Crippen molar-refractivity contribution < 1.29 is 31.8 Å². The van der Waals surface area contributed by atoms with Crippen LogP contribution in [0.5, 0.6) is 17.2 Å². The van der Waals surface area contributed by atoms with Crippen LogP contribution in [0.25, 0.3) is 16.9 Å². The number of methoxy groups -OCH3 is 1. The summed E-state index contributed by atoms with van der Waals surface area (Å²) in [4.78, 5) is 17.0. The minimum atomic E-state index is -4.34. The molecular weight excluding hydrogens is 516 g/mol. The van der Waals surface area contributed by atoms with E-state index in [9.17, 15) is 22.4 Å². The Hall–Kier alpha value is -4.28. The van der Waals surface area contributed by atoms with Crippen LogP contribution in [0, 0.1) is 12.7 Å². The number of halogens is 4. The maximum atomic E-state index is 14.2. The Morgan fingerprint density at radius 2 is 1.92 bits per heavy atom. The molecule has 0 aliphatic heterocycles. The van der Waals surface area contributed by atoms with E-state index in [0.29, 0.717) is 22.6 Å². The van der Waals surface area contributed by atoms with E-state index in [1.165, 1.54) is 31.4 Å². The van der Waals surface area contributed by atoms with Crippen LogP contribution in [-0.2, 0) is 0 Å². The first kappa shape index (κ1) is 27.7. The number of benzene rings is 2. The van der Waals surface area contributed by atoms with E-state index in [0.717, 1.165) is 11.1 Å². The number of imidazole rings is 1. The first-order chi connectivity index (χ1) is 18.5. The molecule has 4 aromatic rings. The van der Waals surface area contributed by atoms with E-state index in [1.807, 2.05) is 26.8 Å². The lowest BCUT2D eigenvalue weighted by Gasteiger charge is -2.15. The van der Waals surface area contributed by atoms with Crippen molar-refractivity contribution >= 4 is 17.2 Å². The van der Waals surface area contributed by atoms with Crippen LogP contribution >= 0.6 is 0 Å². The van der Waals surface area contributed by atoms with Gasteiger partial charge in [-0.2, -0.15) is 13.2 Å². The van der Waals surface area contributed by atoms with Crippen LogP contribution in [0.2, 0.25) is 0 Å². The summed E-state index contributed by atoms with van der Waals surface area (Å²) in [6.07, 6.45) is -2.20. The molecular formula is C28H28F4N4O3. The highest BCUT2D eigenvalue weighted by molar-refractivity contribution is 5.96. The molecule has 1 amide bonds. The summed E-state index contributed by atoms with van der Waals surface area (Å²) >= 11 is 0. The smallest absolute Gasteiger partial charge is 0.390 e. The third-order valence-electron chi connectivity index (χ3n) is 5.85. The van der Waals surface area contributed by atoms with Gasteiger partial charge >= 0.3 is 6.18 Å². The van der Waals surface area contributed by atoms with Gasteiger partial charge in [0.05, 0.1) is 37.3 Å². The average Bonchev–Trinajstić information content (AvgIpc) is 3.27. The Morgan fingerprint density at radius 1 is 1.15 bits per heavy atom. The van der Waals surface area contributed by atoms with Crippen molar-refractivity contribution in [3.05, 3.63) is 71.8 Å². The molecule has 0 bridgehead atoms. The number of alkyl halides is 3. The van der Waals surface area contributed by atoms with Crippen molar-refractivity contribution in [2.24, 2.45) is 0 Å². The van der Waals surface area contributed by atoms with Gasteiger partial charge in [0.1, 0.15) is 5.75 Å². The molecule has 0 spiro atoms. The Morgan fingerprint density at radius 3 is 2.59 bits per heavy atom. The molecule has 7 nitrogen and oxygen atoms in total. The SMILES string of the molecule is COc1c(F)cccc1Oc1cc(NCCC(F)(F)F)c2ncc(-c3ccc(C(=O)NC(C)C)c(C)c3)n2c1. The molecule has 0 atom stereocenters. The van der Waals surface area contributed by atoms with Gasteiger partial charge in [-0.05, 0) is 50.6 Å². The summed E-state index contributed by atoms with van der Waals surface area (Å²) in [5, 5.41) is 5.65. The van der Waals surface area contributed by atoms with Crippen LogP contribution in [0.3, 0.4) is 0 Å². The second-order valence-electron chi connectivity index (χ2n) is 9.25. The van der Waals surface area contributed by atoms with E-state index < -0.39 is 18.4 Å². The van der Waals surface area contributed by atoms with Crippen LogP contribution in [0.1, 0.15) is 36.2 Å². The molecule has 0 unspecified atom stereocenters. The summed E-state index contributed by atoms with van der Waals surface area (Å²) in [5.41, 5.74) is 3.26. The second-order valence-corrected chi connectivity index (χ2v) is 9.25. The van der Waals surface area contributed by atoms with Gasteiger partial charge < -0.3 is 20.1 Å². The number of carbonyl (C=O) groups is 1. The van der Waals surface area contributed by atoms with Gasteiger partial charge in [0.25, 0.3) is 5.91 Å². The molecule has 0 fully saturated rings. The number of aromatic nitrogens is 2. The van der Waals surface area contributed by atoms with E-state index in [1.54, 1.807) is 28.9 Å². The fourth-order valence-corrected chi connectivity index (χ4v) is 4.11. The quantitative estimate of drug-likeness (QED) is 0.228. The van der Waals surface area contributed by atoms with Crippen molar-refractivity contribution in [1.29, 1.82) is 0 Å². The standard InChI is InChI=1S/C28H28F4N4O3/c1-16(2)35-27(37)20-9-8-18(12-17(20)3)23-14-34-26-22(33-11-10-28(30,31)32)13-19(15-36(23)26)39-24-7-5-6-21(29)25(24)38-4/h5-9,12-16,33H,10-11H2,1-4H3,(H,35,37). The van der Waals surface area contributed by atoms with E-state index >= 15 is 0 Å². The van der Waals surface area contributed by atoms with Gasteiger partial charge in [0.2, 0.25) is 0 Å². The Balaban J connectivity index is 1.77. The van der Waals surface area contributed by atoms with Crippen LogP contribution in [0.15, 0.2) is 54.9 Å². The third kappa shape index (κ3) is 6.42. The van der Waals surface area contributed by atoms with Crippen LogP contribution < -0.4 is 20.1 Å². The fraction of sp³-hybridized carbons (Fsp3) is 0.286. The molecule has 2 heterocycles. The average molecular weight is 545 g/mol. The lowest BCUT2D eigenvalue weighted by atomic mass is 10.0. The molecule has 0 saturated carbocycles. The summed E-state index contributed by atoms with van der Waals surface area (Å²) in [6.45, 7) is 5.18. The van der Waals surface area contributed by atoms with E-state index in [4.69, 9.17) is 9.47 Å². The zero-order chi connectivity index (χ0) is 28.3. The monoisotopic (exact) mass is 544 g/mol. The lowest BCUT2D eigenvalue weighted by Crippen LogP contribution is -2.30. The molecule has 39 heavy (non-hydrogen) atoms. The largest absolute Gasteiger partial charge is 0.490 e. The van der Waals surface area contributed by atoms with Crippen molar-refractivity contribution in [3.8, 4) is 28.5 Å². The number of hydrogen-bond acceptors (Lipinski definition) is 5. The number of carbonyl (C=O) groups excluding carboxylic acids is 1. The first-order valence-corrected chi connectivity index (χ1v) is 12.2. The number of nitrogens with zero attached hydrogens (tertiary/aromatic N) is 2. The number of pyridine rings is 1. The fourth-order valence-electron chi connectivity index (χ4n) is 4.11.